The third kappa shape index (κ3) is 9.49. The number of nitrogens with one attached hydrogen (secondary N) is 2. The molecular formula is C40H51N5O4. The zero-order valence-corrected chi connectivity index (χ0v) is 29.8. The Balaban J connectivity index is 1.00. The second kappa shape index (κ2) is 17.7. The van der Waals surface area contributed by atoms with Crippen LogP contribution >= 0.6 is 0 Å². The van der Waals surface area contributed by atoms with E-state index < -0.39 is 0 Å². The Morgan fingerprint density at radius 2 is 1.49 bits per heavy atom. The van der Waals surface area contributed by atoms with Crippen LogP contribution in [0.1, 0.15) is 91.0 Å². The molecule has 49 heavy (non-hydrogen) atoms. The average Bonchev–Trinajstić information content (AvgIpc) is 3.11. The molecule has 9 heteroatoms. The van der Waals surface area contributed by atoms with Crippen molar-refractivity contribution in [1.29, 1.82) is 0 Å². The number of amides is 1. The molecule has 1 aliphatic rings. The number of unbranched alkanes of at least 4 members (excludes halogenated alkanes) is 5. The van der Waals surface area contributed by atoms with Gasteiger partial charge in [0.2, 0.25) is 11.7 Å². The van der Waals surface area contributed by atoms with Gasteiger partial charge in [0, 0.05) is 35.9 Å². The van der Waals surface area contributed by atoms with Crippen LogP contribution in [-0.2, 0) is 24.2 Å². The number of ether oxygens (including phenoxy) is 3. The molecule has 2 aromatic heterocycles. The number of benzene rings is 2. The van der Waals surface area contributed by atoms with Gasteiger partial charge in [0.05, 0.1) is 42.5 Å². The van der Waals surface area contributed by atoms with Gasteiger partial charge in [-0.05, 0) is 94.7 Å². The molecule has 1 aliphatic carbocycles. The predicted molar refractivity (Wildman–Crippen MR) is 197 cm³/mol. The number of fused-ring (bicyclic) bond motifs is 2. The number of pyridine rings is 1. The number of para-hydroxylation sites is 1. The molecule has 4 aromatic rings. The van der Waals surface area contributed by atoms with E-state index in [-0.39, 0.29) is 12.5 Å². The van der Waals surface area contributed by atoms with Crippen LogP contribution in [0.2, 0.25) is 0 Å². The van der Waals surface area contributed by atoms with Crippen molar-refractivity contribution in [3.63, 3.8) is 0 Å². The number of anilines is 1. The van der Waals surface area contributed by atoms with Crippen LogP contribution in [0, 0.1) is 20.8 Å². The minimum atomic E-state index is -0.126. The minimum Gasteiger partial charge on any atom is -0.493 e. The van der Waals surface area contributed by atoms with Gasteiger partial charge in [0.1, 0.15) is 6.61 Å². The molecule has 0 fully saturated rings. The van der Waals surface area contributed by atoms with E-state index in [2.05, 4.69) is 44.9 Å². The Morgan fingerprint density at radius 3 is 2.24 bits per heavy atom. The van der Waals surface area contributed by atoms with Crippen molar-refractivity contribution in [2.24, 2.45) is 0 Å². The number of hydrogen-bond acceptors (Lipinski definition) is 8. The van der Waals surface area contributed by atoms with Crippen LogP contribution in [0.3, 0.4) is 0 Å². The molecule has 2 aromatic carbocycles. The van der Waals surface area contributed by atoms with Gasteiger partial charge < -0.3 is 24.8 Å². The van der Waals surface area contributed by atoms with Gasteiger partial charge in [-0.2, -0.15) is 0 Å². The van der Waals surface area contributed by atoms with Crippen LogP contribution < -0.4 is 24.8 Å². The molecular weight excluding hydrogens is 614 g/mol. The van der Waals surface area contributed by atoms with Gasteiger partial charge in [-0.1, -0.05) is 43.9 Å². The number of hydrogen-bond donors (Lipinski definition) is 2. The Morgan fingerprint density at radius 1 is 0.816 bits per heavy atom. The highest BCUT2D eigenvalue weighted by Gasteiger charge is 2.18. The lowest BCUT2D eigenvalue weighted by Gasteiger charge is -2.21. The fraction of sp³-hybridized carbons (Fsp3) is 0.450. The number of aromatic nitrogens is 3. The first-order valence-corrected chi connectivity index (χ1v) is 17.7. The van der Waals surface area contributed by atoms with E-state index in [9.17, 15) is 4.79 Å². The number of rotatable bonds is 17. The molecule has 9 nitrogen and oxygen atoms in total. The summed E-state index contributed by atoms with van der Waals surface area (Å²) in [6.07, 6.45) is 14.8. The SMILES string of the molecule is COc1cc(/C=C/C(=O)NCCCCCCCCNc2c3c(nc4ccccc24)CCCC3)cc(OC)c1OCc1nc(C)c(C)nc1C. The summed E-state index contributed by atoms with van der Waals surface area (Å²) in [5, 5.41) is 8.03. The summed E-state index contributed by atoms with van der Waals surface area (Å²) in [6.45, 7) is 7.66. The Hall–Kier alpha value is -4.66. The van der Waals surface area contributed by atoms with E-state index in [0.717, 1.165) is 72.5 Å². The minimum absolute atomic E-state index is 0.126. The third-order valence-corrected chi connectivity index (χ3v) is 9.22. The molecule has 2 heterocycles. The van der Waals surface area contributed by atoms with Gasteiger partial charge in [-0.25, -0.2) is 0 Å². The molecule has 0 unspecified atom stereocenters. The summed E-state index contributed by atoms with van der Waals surface area (Å²) in [5.41, 5.74) is 9.25. The van der Waals surface area contributed by atoms with Gasteiger partial charge in [0.15, 0.2) is 11.5 Å². The first kappa shape index (κ1) is 35.6. The average molecular weight is 666 g/mol. The zero-order chi connectivity index (χ0) is 34.6. The molecule has 0 saturated carbocycles. The van der Waals surface area contributed by atoms with E-state index in [1.165, 1.54) is 54.4 Å². The van der Waals surface area contributed by atoms with Crippen molar-refractivity contribution in [3.8, 4) is 17.2 Å². The fourth-order valence-corrected chi connectivity index (χ4v) is 6.36. The number of aryl methyl sites for hydroxylation is 4. The summed E-state index contributed by atoms with van der Waals surface area (Å²) in [5.74, 6) is 1.37. The number of methoxy groups -OCH3 is 2. The third-order valence-electron chi connectivity index (χ3n) is 9.22. The largest absolute Gasteiger partial charge is 0.493 e. The lowest BCUT2D eigenvalue weighted by Crippen LogP contribution is -2.21. The molecule has 0 atom stereocenters. The van der Waals surface area contributed by atoms with E-state index in [1.807, 2.05) is 32.9 Å². The van der Waals surface area contributed by atoms with Crippen LogP contribution in [0.15, 0.2) is 42.5 Å². The molecule has 1 amide bonds. The smallest absolute Gasteiger partial charge is 0.243 e. The van der Waals surface area contributed by atoms with E-state index in [0.29, 0.717) is 23.8 Å². The van der Waals surface area contributed by atoms with E-state index in [4.69, 9.17) is 19.2 Å². The zero-order valence-electron chi connectivity index (χ0n) is 29.8. The second-order valence-electron chi connectivity index (χ2n) is 12.8. The summed E-state index contributed by atoms with van der Waals surface area (Å²) in [6, 6.07) is 12.2. The molecule has 5 rings (SSSR count). The highest BCUT2D eigenvalue weighted by molar-refractivity contribution is 5.93. The van der Waals surface area contributed by atoms with Crippen molar-refractivity contribution in [2.45, 2.75) is 91.6 Å². The van der Waals surface area contributed by atoms with Gasteiger partial charge >= 0.3 is 0 Å². The van der Waals surface area contributed by atoms with Crippen LogP contribution in [0.5, 0.6) is 17.2 Å². The van der Waals surface area contributed by atoms with E-state index in [1.54, 1.807) is 26.4 Å². The van der Waals surface area contributed by atoms with Crippen molar-refractivity contribution in [2.75, 3.05) is 32.6 Å². The van der Waals surface area contributed by atoms with Crippen molar-refractivity contribution in [3.05, 3.63) is 82.1 Å². The highest BCUT2D eigenvalue weighted by atomic mass is 16.5. The molecule has 0 saturated heterocycles. The Labute approximate surface area is 290 Å². The highest BCUT2D eigenvalue weighted by Crippen LogP contribution is 2.39. The van der Waals surface area contributed by atoms with Gasteiger partial charge in [-0.3, -0.25) is 19.7 Å². The molecule has 0 radical (unpaired) electrons. The molecule has 2 N–H and O–H groups in total. The predicted octanol–water partition coefficient (Wildman–Crippen LogP) is 8.01. The summed E-state index contributed by atoms with van der Waals surface area (Å²) >= 11 is 0. The number of nitrogens with zero attached hydrogens (tertiary/aromatic N) is 3. The first-order valence-electron chi connectivity index (χ1n) is 17.7. The fourth-order valence-electron chi connectivity index (χ4n) is 6.36. The van der Waals surface area contributed by atoms with Gasteiger partial charge in [-0.15, -0.1) is 0 Å². The number of carbonyl (C=O) groups is 1. The molecule has 0 spiro atoms. The molecule has 260 valence electrons. The Bertz CT molecular complexity index is 1740. The lowest BCUT2D eigenvalue weighted by molar-refractivity contribution is -0.116. The quantitative estimate of drug-likeness (QED) is 0.0863. The topological polar surface area (TPSA) is 107 Å². The van der Waals surface area contributed by atoms with Crippen LogP contribution in [0.4, 0.5) is 5.69 Å². The standard InChI is InChI=1S/C40H51N5O4/c1-27-28(2)44-35(29(3)43-27)26-49-40-36(47-4)24-30(25-37(40)48-5)20-21-38(46)41-22-14-8-6-7-9-15-23-42-39-31-16-10-12-18-33(31)45-34-19-13-11-17-32(34)39/h10,12,16,18,20-21,24-25H,6-9,11,13-15,17,19,22-23,26H2,1-5H3,(H,41,46)(H,42,45)/b21-20+. The maximum absolute atomic E-state index is 12.5. The summed E-state index contributed by atoms with van der Waals surface area (Å²) < 4.78 is 17.3. The molecule has 0 aliphatic heterocycles. The van der Waals surface area contributed by atoms with Crippen molar-refractivity contribution in [1.82, 2.24) is 20.3 Å². The number of carbonyl (C=O) groups excluding carboxylic acids is 1. The lowest BCUT2D eigenvalue weighted by atomic mass is 9.92. The maximum atomic E-state index is 12.5. The van der Waals surface area contributed by atoms with Crippen LogP contribution in [-0.4, -0.2) is 48.2 Å². The van der Waals surface area contributed by atoms with E-state index >= 15 is 0 Å². The maximum Gasteiger partial charge on any atom is 0.243 e. The first-order chi connectivity index (χ1) is 23.9. The monoisotopic (exact) mass is 665 g/mol. The second-order valence-corrected chi connectivity index (χ2v) is 12.8. The van der Waals surface area contributed by atoms with Crippen LogP contribution in [0.25, 0.3) is 17.0 Å². The van der Waals surface area contributed by atoms with Gasteiger partial charge in [0.25, 0.3) is 0 Å². The summed E-state index contributed by atoms with van der Waals surface area (Å²) in [7, 11) is 3.16. The van der Waals surface area contributed by atoms with Crippen molar-refractivity contribution >= 4 is 28.6 Å². The Kier molecular flexibility index (Phi) is 12.8. The summed E-state index contributed by atoms with van der Waals surface area (Å²) in [4.78, 5) is 26.6. The van der Waals surface area contributed by atoms with Crippen molar-refractivity contribution < 1.29 is 19.0 Å². The normalized spacial score (nSPS) is 12.6. The molecule has 0 bridgehead atoms.